The first-order chi connectivity index (χ1) is 14.9. The van der Waals surface area contributed by atoms with Gasteiger partial charge in [0.2, 0.25) is 0 Å². The molecule has 0 aliphatic carbocycles. The molecule has 0 amide bonds. The number of aldehydes is 2. The molecular formula is C27H46O4. The van der Waals surface area contributed by atoms with E-state index in [9.17, 15) is 9.59 Å². The molecule has 1 aromatic carbocycles. The van der Waals surface area contributed by atoms with E-state index < -0.39 is 0 Å². The lowest BCUT2D eigenvalue weighted by Crippen LogP contribution is -2.15. The average molecular weight is 435 g/mol. The number of unbranched alkanes of at least 4 members (excludes halogenated alkanes) is 7. The van der Waals surface area contributed by atoms with Gasteiger partial charge in [0, 0.05) is 39.0 Å². The van der Waals surface area contributed by atoms with Crippen molar-refractivity contribution in [2.75, 3.05) is 14.2 Å². The molecule has 0 aliphatic heterocycles. The van der Waals surface area contributed by atoms with Crippen LogP contribution < -0.4 is 0 Å². The number of rotatable bonds is 10. The quantitative estimate of drug-likeness (QED) is 0.272. The van der Waals surface area contributed by atoms with Crippen molar-refractivity contribution in [1.82, 2.24) is 0 Å². The summed E-state index contributed by atoms with van der Waals surface area (Å²) in [4.78, 5) is 20.5. The van der Waals surface area contributed by atoms with Gasteiger partial charge in [0.25, 0.3) is 0 Å². The minimum absolute atomic E-state index is 0.0417. The number of aliphatic hydroxyl groups is 1. The molecule has 0 radical (unpaired) electrons. The van der Waals surface area contributed by atoms with Gasteiger partial charge >= 0.3 is 0 Å². The molecule has 0 aromatic heterocycles. The summed E-state index contributed by atoms with van der Waals surface area (Å²) in [6, 6.07) is 7.85. The van der Waals surface area contributed by atoms with Gasteiger partial charge in [-0.2, -0.15) is 0 Å². The Morgan fingerprint density at radius 1 is 0.871 bits per heavy atom. The third kappa shape index (κ3) is 28.0. The molecule has 1 aromatic rings. The highest BCUT2D eigenvalue weighted by molar-refractivity contribution is 5.55. The summed E-state index contributed by atoms with van der Waals surface area (Å²) in [7, 11) is 2.71. The monoisotopic (exact) mass is 434 g/mol. The fraction of sp³-hybridized carbons (Fsp3) is 0.630. The van der Waals surface area contributed by atoms with E-state index in [2.05, 4.69) is 11.8 Å². The predicted molar refractivity (Wildman–Crippen MR) is 132 cm³/mol. The van der Waals surface area contributed by atoms with Crippen molar-refractivity contribution < 1.29 is 19.4 Å². The van der Waals surface area contributed by atoms with Gasteiger partial charge in [-0.3, -0.25) is 0 Å². The molecule has 31 heavy (non-hydrogen) atoms. The van der Waals surface area contributed by atoms with Crippen molar-refractivity contribution in [3.05, 3.63) is 35.4 Å². The average Bonchev–Trinajstić information content (AvgIpc) is 2.79. The summed E-state index contributed by atoms with van der Waals surface area (Å²) in [5, 5.41) is 7.00. The Morgan fingerprint density at radius 2 is 1.35 bits per heavy atom. The highest BCUT2D eigenvalue weighted by Gasteiger charge is 2.04. The minimum Gasteiger partial charge on any atom is -0.400 e. The number of carbonyl (C=O) groups excluding carboxylic acids is 2. The van der Waals surface area contributed by atoms with Crippen molar-refractivity contribution in [2.24, 2.45) is 0 Å². The van der Waals surface area contributed by atoms with Crippen molar-refractivity contribution in [2.45, 2.75) is 98.0 Å². The number of aliphatic hydroxyl groups excluding tert-OH is 1. The van der Waals surface area contributed by atoms with E-state index in [0.717, 1.165) is 56.5 Å². The first-order valence-corrected chi connectivity index (χ1v) is 11.4. The third-order valence-corrected chi connectivity index (χ3v) is 3.99. The Kier molecular flexibility index (Phi) is 28.3. The van der Waals surface area contributed by atoms with E-state index in [1.165, 1.54) is 19.3 Å². The van der Waals surface area contributed by atoms with Crippen LogP contribution in [0, 0.1) is 11.8 Å². The fourth-order valence-electron chi connectivity index (χ4n) is 2.13. The van der Waals surface area contributed by atoms with Crippen LogP contribution in [0.4, 0.5) is 0 Å². The smallest absolute Gasteiger partial charge is 0.124 e. The predicted octanol–water partition coefficient (Wildman–Crippen LogP) is 6.17. The SMILES string of the molecule is CC.CO.COC(C)(C)C.O=CCCCCCCCCC#Cc1ccc(CC=O)cc1. The Labute approximate surface area is 191 Å². The van der Waals surface area contributed by atoms with Crippen molar-refractivity contribution >= 4 is 12.6 Å². The van der Waals surface area contributed by atoms with E-state index in [1.807, 2.05) is 58.9 Å². The second kappa shape index (κ2) is 26.1. The van der Waals surface area contributed by atoms with Crippen LogP contribution in [0.25, 0.3) is 0 Å². The Morgan fingerprint density at radius 3 is 1.81 bits per heavy atom. The summed E-state index contributed by atoms with van der Waals surface area (Å²) in [5.74, 6) is 6.35. The molecule has 4 heteroatoms. The standard InChI is InChI=1S/C19H24O2.C5H12O.C2H6.CH4O/c20-16-9-7-5-3-1-2-4-6-8-10-18-11-13-19(14-12-18)15-17-21;1-5(2,3)6-4;2*1-2/h11-14,16-17H,1-7,9,15H2;1-4H3;1-2H3;2H,1H3. The second-order valence-electron chi connectivity index (χ2n) is 7.51. The molecule has 4 nitrogen and oxygen atoms in total. The van der Waals surface area contributed by atoms with Gasteiger partial charge in [-0.25, -0.2) is 0 Å². The number of benzene rings is 1. The van der Waals surface area contributed by atoms with Crippen LogP contribution in [0.1, 0.15) is 97.1 Å². The van der Waals surface area contributed by atoms with Crippen LogP contribution >= 0.6 is 0 Å². The number of carbonyl (C=O) groups is 2. The molecule has 0 heterocycles. The highest BCUT2D eigenvalue weighted by atomic mass is 16.5. The second-order valence-corrected chi connectivity index (χ2v) is 7.51. The molecule has 1 N–H and O–H groups in total. The van der Waals surface area contributed by atoms with Gasteiger partial charge in [-0.15, -0.1) is 0 Å². The lowest BCUT2D eigenvalue weighted by molar-refractivity contribution is -0.108. The molecule has 0 saturated carbocycles. The van der Waals surface area contributed by atoms with E-state index in [4.69, 9.17) is 9.84 Å². The Hall–Kier alpha value is -1.96. The number of ether oxygens (including phenoxy) is 1. The van der Waals surface area contributed by atoms with Gasteiger partial charge in [0.05, 0.1) is 5.60 Å². The Bertz CT molecular complexity index is 560. The van der Waals surface area contributed by atoms with Crippen molar-refractivity contribution in [3.63, 3.8) is 0 Å². The zero-order valence-corrected chi connectivity index (χ0v) is 21.0. The maximum atomic E-state index is 10.4. The molecule has 0 atom stereocenters. The van der Waals surface area contributed by atoms with Crippen LogP contribution in [-0.4, -0.2) is 37.5 Å². The topological polar surface area (TPSA) is 63.6 Å². The summed E-state index contributed by atoms with van der Waals surface area (Å²) >= 11 is 0. The molecular weight excluding hydrogens is 388 g/mol. The highest BCUT2D eigenvalue weighted by Crippen LogP contribution is 2.08. The van der Waals surface area contributed by atoms with Crippen LogP contribution in [0.3, 0.4) is 0 Å². The number of hydrogen-bond donors (Lipinski definition) is 1. The molecule has 0 spiro atoms. The summed E-state index contributed by atoms with van der Waals surface area (Å²) in [6.07, 6.45) is 11.0. The maximum absolute atomic E-state index is 10.4. The minimum atomic E-state index is 0.0417. The van der Waals surface area contributed by atoms with Gasteiger partial charge in [-0.1, -0.05) is 63.5 Å². The molecule has 1 rings (SSSR count). The van der Waals surface area contributed by atoms with Gasteiger partial charge in [0.1, 0.15) is 12.6 Å². The van der Waals surface area contributed by atoms with Crippen molar-refractivity contribution in [3.8, 4) is 11.8 Å². The van der Waals surface area contributed by atoms with E-state index in [-0.39, 0.29) is 5.60 Å². The number of methoxy groups -OCH3 is 1. The Balaban J connectivity index is -0.000000663. The lowest BCUT2D eigenvalue weighted by atomic mass is 10.1. The zero-order valence-electron chi connectivity index (χ0n) is 21.0. The van der Waals surface area contributed by atoms with Gasteiger partial charge < -0.3 is 19.4 Å². The molecule has 0 unspecified atom stereocenters. The lowest BCUT2D eigenvalue weighted by Gasteiger charge is -2.14. The molecule has 0 bridgehead atoms. The van der Waals surface area contributed by atoms with Crippen LogP contribution in [0.5, 0.6) is 0 Å². The maximum Gasteiger partial charge on any atom is 0.124 e. The zero-order chi connectivity index (χ0) is 24.4. The summed E-state index contributed by atoms with van der Waals surface area (Å²) < 4.78 is 4.94. The first-order valence-electron chi connectivity index (χ1n) is 11.4. The van der Waals surface area contributed by atoms with Gasteiger partial charge in [0.15, 0.2) is 0 Å². The first kappa shape index (κ1) is 33.7. The van der Waals surface area contributed by atoms with Crippen LogP contribution in [0.15, 0.2) is 24.3 Å². The van der Waals surface area contributed by atoms with E-state index in [1.54, 1.807) is 7.11 Å². The summed E-state index contributed by atoms with van der Waals surface area (Å²) in [5.41, 5.74) is 2.09. The fourth-order valence-corrected chi connectivity index (χ4v) is 2.13. The van der Waals surface area contributed by atoms with E-state index in [0.29, 0.717) is 12.8 Å². The summed E-state index contributed by atoms with van der Waals surface area (Å²) in [6.45, 7) is 10.1. The number of hydrogen-bond acceptors (Lipinski definition) is 4. The van der Waals surface area contributed by atoms with Crippen LogP contribution in [-0.2, 0) is 20.7 Å². The van der Waals surface area contributed by atoms with Crippen molar-refractivity contribution in [1.29, 1.82) is 0 Å². The third-order valence-electron chi connectivity index (χ3n) is 3.99. The van der Waals surface area contributed by atoms with E-state index >= 15 is 0 Å². The molecule has 178 valence electrons. The van der Waals surface area contributed by atoms with Gasteiger partial charge in [-0.05, 0) is 51.3 Å². The molecule has 0 saturated heterocycles. The normalized spacial score (nSPS) is 9.29. The van der Waals surface area contributed by atoms with Crippen LogP contribution in [0.2, 0.25) is 0 Å². The largest absolute Gasteiger partial charge is 0.400 e. The molecule has 0 aliphatic rings. The molecule has 0 fully saturated rings.